The fraction of sp³-hybridized carbons (Fsp3) is 0.231. The van der Waals surface area contributed by atoms with Gasteiger partial charge in [-0.25, -0.2) is 9.97 Å². The van der Waals surface area contributed by atoms with Gasteiger partial charge < -0.3 is 4.74 Å². The van der Waals surface area contributed by atoms with Gasteiger partial charge in [0.15, 0.2) is 0 Å². The zero-order chi connectivity index (χ0) is 13.1. The highest BCUT2D eigenvalue weighted by atomic mass is 127. The van der Waals surface area contributed by atoms with Crippen LogP contribution in [0, 0.1) is 10.5 Å². The van der Waals surface area contributed by atoms with Crippen molar-refractivity contribution in [3.8, 4) is 5.75 Å². The Kier molecular flexibility index (Phi) is 4.40. The van der Waals surface area contributed by atoms with Crippen LogP contribution in [0.3, 0.4) is 0 Å². The van der Waals surface area contributed by atoms with Gasteiger partial charge in [0.05, 0.1) is 16.4 Å². The van der Waals surface area contributed by atoms with Crippen molar-refractivity contribution in [2.24, 2.45) is 0 Å². The van der Waals surface area contributed by atoms with Gasteiger partial charge in [-0.1, -0.05) is 23.7 Å². The molecule has 0 aliphatic heterocycles. The van der Waals surface area contributed by atoms with Gasteiger partial charge in [0.2, 0.25) is 0 Å². The highest BCUT2D eigenvalue weighted by molar-refractivity contribution is 14.1. The van der Waals surface area contributed by atoms with E-state index in [9.17, 15) is 0 Å². The van der Waals surface area contributed by atoms with Crippen molar-refractivity contribution >= 4 is 34.2 Å². The first-order valence-corrected chi connectivity index (χ1v) is 6.87. The predicted octanol–water partition coefficient (Wildman–Crippen LogP) is 3.64. The minimum Gasteiger partial charge on any atom is -0.497 e. The Balaban J connectivity index is 2.28. The van der Waals surface area contributed by atoms with Crippen molar-refractivity contribution in [2.75, 3.05) is 7.11 Å². The van der Waals surface area contributed by atoms with E-state index in [4.69, 9.17) is 16.3 Å². The van der Waals surface area contributed by atoms with E-state index in [2.05, 4.69) is 32.6 Å². The van der Waals surface area contributed by atoms with Crippen LogP contribution in [0.15, 0.2) is 24.3 Å². The molecule has 0 saturated heterocycles. The summed E-state index contributed by atoms with van der Waals surface area (Å²) in [4.78, 5) is 8.73. The third kappa shape index (κ3) is 3.11. The van der Waals surface area contributed by atoms with E-state index >= 15 is 0 Å². The van der Waals surface area contributed by atoms with Gasteiger partial charge in [-0.3, -0.25) is 0 Å². The van der Waals surface area contributed by atoms with E-state index in [0.29, 0.717) is 11.6 Å². The topological polar surface area (TPSA) is 35.0 Å². The second kappa shape index (κ2) is 5.84. The molecule has 1 aromatic carbocycles. The summed E-state index contributed by atoms with van der Waals surface area (Å²) in [6.07, 6.45) is 0.648. The summed E-state index contributed by atoms with van der Waals surface area (Å²) >= 11 is 8.21. The van der Waals surface area contributed by atoms with E-state index in [1.54, 1.807) is 7.11 Å². The molecule has 0 aliphatic carbocycles. The monoisotopic (exact) mass is 374 g/mol. The van der Waals surface area contributed by atoms with Crippen molar-refractivity contribution in [3.63, 3.8) is 0 Å². The summed E-state index contributed by atoms with van der Waals surface area (Å²) in [5.41, 5.74) is 2.01. The second-order valence-electron chi connectivity index (χ2n) is 3.86. The molecule has 2 rings (SSSR count). The van der Waals surface area contributed by atoms with Crippen LogP contribution in [-0.2, 0) is 6.42 Å². The Hall–Kier alpha value is -0.880. The molecule has 18 heavy (non-hydrogen) atoms. The molecular weight excluding hydrogens is 363 g/mol. The summed E-state index contributed by atoms with van der Waals surface area (Å²) in [5.74, 6) is 1.56. The standard InChI is InChI=1S/C13H12ClIN2O/c1-8-12(15)13(14)17-11(16-8)7-9-4-3-5-10(6-9)18-2/h3-6H,7H2,1-2H3. The van der Waals surface area contributed by atoms with E-state index in [-0.39, 0.29) is 0 Å². The molecule has 5 heteroatoms. The molecule has 3 nitrogen and oxygen atoms in total. The van der Waals surface area contributed by atoms with Gasteiger partial charge in [0, 0.05) is 6.42 Å². The third-order valence-corrected chi connectivity index (χ3v) is 4.40. The number of methoxy groups -OCH3 is 1. The fourth-order valence-electron chi connectivity index (χ4n) is 1.62. The van der Waals surface area contributed by atoms with Gasteiger partial charge in [-0.15, -0.1) is 0 Å². The summed E-state index contributed by atoms with van der Waals surface area (Å²) < 4.78 is 6.10. The lowest BCUT2D eigenvalue weighted by Crippen LogP contribution is -2.01. The molecular formula is C13H12ClIN2O. The van der Waals surface area contributed by atoms with Crippen LogP contribution < -0.4 is 4.74 Å². The number of rotatable bonds is 3. The number of ether oxygens (including phenoxy) is 1. The molecule has 0 amide bonds. The maximum atomic E-state index is 6.06. The first-order chi connectivity index (χ1) is 8.60. The average Bonchev–Trinajstić information content (AvgIpc) is 2.36. The van der Waals surface area contributed by atoms with Crippen LogP contribution in [0.1, 0.15) is 17.1 Å². The fourth-order valence-corrected chi connectivity index (χ4v) is 2.10. The summed E-state index contributed by atoms with van der Waals surface area (Å²) in [5, 5.41) is 0.515. The molecule has 1 aromatic heterocycles. The lowest BCUT2D eigenvalue weighted by Gasteiger charge is -2.06. The number of hydrogen-bond acceptors (Lipinski definition) is 3. The van der Waals surface area contributed by atoms with Crippen LogP contribution in [0.4, 0.5) is 0 Å². The smallest absolute Gasteiger partial charge is 0.146 e. The molecule has 0 bridgehead atoms. The average molecular weight is 375 g/mol. The van der Waals surface area contributed by atoms with Crippen molar-refractivity contribution < 1.29 is 4.74 Å². The molecule has 0 saturated carbocycles. The Morgan fingerprint density at radius 1 is 1.33 bits per heavy atom. The number of aromatic nitrogens is 2. The Labute approximate surface area is 125 Å². The lowest BCUT2D eigenvalue weighted by atomic mass is 10.1. The van der Waals surface area contributed by atoms with Crippen LogP contribution in [-0.4, -0.2) is 17.1 Å². The van der Waals surface area contributed by atoms with Gasteiger partial charge in [-0.2, -0.15) is 0 Å². The second-order valence-corrected chi connectivity index (χ2v) is 5.30. The number of benzene rings is 1. The molecule has 0 N–H and O–H groups in total. The van der Waals surface area contributed by atoms with Crippen molar-refractivity contribution in [2.45, 2.75) is 13.3 Å². The van der Waals surface area contributed by atoms with E-state index in [1.807, 2.05) is 31.2 Å². The van der Waals surface area contributed by atoms with Gasteiger partial charge in [-0.05, 0) is 47.2 Å². The van der Waals surface area contributed by atoms with Crippen molar-refractivity contribution in [1.82, 2.24) is 9.97 Å². The maximum Gasteiger partial charge on any atom is 0.146 e. The van der Waals surface area contributed by atoms with E-state index < -0.39 is 0 Å². The Bertz CT molecular complexity index is 552. The highest BCUT2D eigenvalue weighted by Gasteiger charge is 2.08. The molecule has 0 unspecified atom stereocenters. The number of halogens is 2. The molecule has 2 aromatic rings. The summed E-state index contributed by atoms with van der Waals surface area (Å²) in [6, 6.07) is 7.86. The first-order valence-electron chi connectivity index (χ1n) is 5.41. The molecule has 0 fully saturated rings. The molecule has 0 aliphatic rings. The summed E-state index contributed by atoms with van der Waals surface area (Å²) in [6.45, 7) is 1.93. The zero-order valence-electron chi connectivity index (χ0n) is 10.1. The minimum atomic E-state index is 0.515. The van der Waals surface area contributed by atoms with Gasteiger partial charge >= 0.3 is 0 Å². The molecule has 0 radical (unpaired) electrons. The quantitative estimate of drug-likeness (QED) is 0.608. The largest absolute Gasteiger partial charge is 0.497 e. The highest BCUT2D eigenvalue weighted by Crippen LogP contribution is 2.20. The summed E-state index contributed by atoms with van der Waals surface area (Å²) in [7, 11) is 1.65. The number of hydrogen-bond donors (Lipinski definition) is 0. The maximum absolute atomic E-state index is 6.06. The normalized spacial score (nSPS) is 10.4. The van der Waals surface area contributed by atoms with E-state index in [1.165, 1.54) is 0 Å². The van der Waals surface area contributed by atoms with Gasteiger partial charge in [0.25, 0.3) is 0 Å². The Morgan fingerprint density at radius 3 is 2.78 bits per heavy atom. The Morgan fingerprint density at radius 2 is 2.11 bits per heavy atom. The van der Waals surface area contributed by atoms with Crippen molar-refractivity contribution in [3.05, 3.63) is 50.1 Å². The van der Waals surface area contributed by atoms with Crippen LogP contribution >= 0.6 is 34.2 Å². The van der Waals surface area contributed by atoms with E-state index in [0.717, 1.165) is 26.4 Å². The lowest BCUT2D eigenvalue weighted by molar-refractivity contribution is 0.414. The molecule has 94 valence electrons. The molecule has 0 atom stereocenters. The van der Waals surface area contributed by atoms with Crippen LogP contribution in [0.5, 0.6) is 5.75 Å². The van der Waals surface area contributed by atoms with Crippen LogP contribution in [0.25, 0.3) is 0 Å². The van der Waals surface area contributed by atoms with Crippen molar-refractivity contribution in [1.29, 1.82) is 0 Å². The number of aryl methyl sites for hydroxylation is 1. The van der Waals surface area contributed by atoms with Gasteiger partial charge in [0.1, 0.15) is 16.7 Å². The third-order valence-electron chi connectivity index (χ3n) is 2.52. The molecule has 0 spiro atoms. The SMILES string of the molecule is COc1cccc(Cc2nc(C)c(I)c(Cl)n2)c1. The zero-order valence-corrected chi connectivity index (χ0v) is 13.0. The minimum absolute atomic E-state index is 0.515. The number of nitrogens with zero attached hydrogens (tertiary/aromatic N) is 2. The molecule has 1 heterocycles. The first kappa shape index (κ1) is 13.5. The predicted molar refractivity (Wildman–Crippen MR) is 80.3 cm³/mol. The van der Waals surface area contributed by atoms with Crippen LogP contribution in [0.2, 0.25) is 5.15 Å².